The van der Waals surface area contributed by atoms with Crippen LogP contribution in [0.3, 0.4) is 0 Å². The van der Waals surface area contributed by atoms with Crippen LogP contribution in [0.5, 0.6) is 0 Å². The van der Waals surface area contributed by atoms with Gasteiger partial charge in [-0.05, 0) is 36.8 Å². The Kier molecular flexibility index (Phi) is 4.41. The molecule has 0 radical (unpaired) electrons. The summed E-state index contributed by atoms with van der Waals surface area (Å²) in [6.45, 7) is 2.40. The molecule has 0 saturated carbocycles. The zero-order valence-electron chi connectivity index (χ0n) is 11.2. The molecule has 0 aliphatic rings. The molecule has 3 nitrogen and oxygen atoms in total. The molecule has 0 aliphatic heterocycles. The summed E-state index contributed by atoms with van der Waals surface area (Å²) in [6, 6.07) is 14.7. The van der Waals surface area contributed by atoms with Crippen LogP contribution in [0, 0.1) is 18.8 Å². The lowest BCUT2D eigenvalue weighted by atomic mass is 10.1. The topological polar surface area (TPSA) is 49.3 Å². The second kappa shape index (κ2) is 6.44. The van der Waals surface area contributed by atoms with E-state index in [4.69, 9.17) is 5.11 Å². The van der Waals surface area contributed by atoms with Gasteiger partial charge in [-0.3, -0.25) is 0 Å². The zero-order chi connectivity index (χ0) is 14.4. The Labute approximate surface area is 118 Å². The van der Waals surface area contributed by atoms with Gasteiger partial charge >= 0.3 is 5.97 Å². The SMILES string of the molecule is Cc1ccc(C(=O)O)cc1NCC#Cc1ccccc1. The van der Waals surface area contributed by atoms with E-state index in [1.807, 2.05) is 37.3 Å². The molecule has 2 aromatic rings. The zero-order valence-corrected chi connectivity index (χ0v) is 11.2. The van der Waals surface area contributed by atoms with Gasteiger partial charge in [0.15, 0.2) is 0 Å². The van der Waals surface area contributed by atoms with E-state index < -0.39 is 5.97 Å². The van der Waals surface area contributed by atoms with E-state index in [1.165, 1.54) is 0 Å². The summed E-state index contributed by atoms with van der Waals surface area (Å²) in [5, 5.41) is 12.1. The average Bonchev–Trinajstić information content (AvgIpc) is 2.46. The number of carbonyl (C=O) groups is 1. The predicted octanol–water partition coefficient (Wildman–Crippen LogP) is 3.16. The summed E-state index contributed by atoms with van der Waals surface area (Å²) < 4.78 is 0. The van der Waals surface area contributed by atoms with E-state index in [0.717, 1.165) is 16.8 Å². The van der Waals surface area contributed by atoms with Crippen LogP contribution >= 0.6 is 0 Å². The molecule has 0 atom stereocenters. The molecule has 2 N–H and O–H groups in total. The number of anilines is 1. The molecule has 0 aromatic heterocycles. The molecule has 0 unspecified atom stereocenters. The maximum absolute atomic E-state index is 10.9. The van der Waals surface area contributed by atoms with Crippen LogP contribution in [0.4, 0.5) is 5.69 Å². The van der Waals surface area contributed by atoms with Crippen molar-refractivity contribution in [3.05, 3.63) is 65.2 Å². The predicted molar refractivity (Wildman–Crippen MR) is 79.9 cm³/mol. The third-order valence-corrected chi connectivity index (χ3v) is 2.86. The normalized spacial score (nSPS) is 9.45. The van der Waals surface area contributed by atoms with Gasteiger partial charge in [0.2, 0.25) is 0 Å². The molecular formula is C17H15NO2. The monoisotopic (exact) mass is 265 g/mol. The maximum Gasteiger partial charge on any atom is 0.335 e. The van der Waals surface area contributed by atoms with Crippen molar-refractivity contribution < 1.29 is 9.90 Å². The number of aryl methyl sites for hydroxylation is 1. The van der Waals surface area contributed by atoms with Crippen molar-refractivity contribution in [1.82, 2.24) is 0 Å². The van der Waals surface area contributed by atoms with Gasteiger partial charge in [0.1, 0.15) is 0 Å². The first-order valence-electron chi connectivity index (χ1n) is 6.28. The highest BCUT2D eigenvalue weighted by atomic mass is 16.4. The van der Waals surface area contributed by atoms with Gasteiger partial charge in [0.25, 0.3) is 0 Å². The highest BCUT2D eigenvalue weighted by Crippen LogP contribution is 2.16. The van der Waals surface area contributed by atoms with Crippen molar-refractivity contribution in [1.29, 1.82) is 0 Å². The minimum Gasteiger partial charge on any atom is -0.478 e. The Morgan fingerprint density at radius 3 is 2.65 bits per heavy atom. The lowest BCUT2D eigenvalue weighted by Crippen LogP contribution is -2.03. The molecule has 3 heteroatoms. The van der Waals surface area contributed by atoms with Crippen LogP contribution in [0.25, 0.3) is 0 Å². The van der Waals surface area contributed by atoms with Gasteiger partial charge in [-0.15, -0.1) is 0 Å². The first kappa shape index (κ1) is 13.7. The maximum atomic E-state index is 10.9. The van der Waals surface area contributed by atoms with Gasteiger partial charge < -0.3 is 10.4 Å². The summed E-state index contributed by atoms with van der Waals surface area (Å²) in [7, 11) is 0. The van der Waals surface area contributed by atoms with Gasteiger partial charge in [0.05, 0.1) is 12.1 Å². The van der Waals surface area contributed by atoms with Crippen molar-refractivity contribution >= 4 is 11.7 Å². The van der Waals surface area contributed by atoms with E-state index in [2.05, 4.69) is 17.2 Å². The van der Waals surface area contributed by atoms with E-state index in [0.29, 0.717) is 6.54 Å². The summed E-state index contributed by atoms with van der Waals surface area (Å²) in [4.78, 5) is 10.9. The van der Waals surface area contributed by atoms with E-state index >= 15 is 0 Å². The van der Waals surface area contributed by atoms with Crippen LogP contribution in [0.15, 0.2) is 48.5 Å². The molecular weight excluding hydrogens is 250 g/mol. The van der Waals surface area contributed by atoms with E-state index in [1.54, 1.807) is 18.2 Å². The Morgan fingerprint density at radius 1 is 1.20 bits per heavy atom. The average molecular weight is 265 g/mol. The molecule has 0 bridgehead atoms. The van der Waals surface area contributed by atoms with Gasteiger partial charge in [0, 0.05) is 11.3 Å². The minimum absolute atomic E-state index is 0.272. The summed E-state index contributed by atoms with van der Waals surface area (Å²) in [5.41, 5.74) is 3.03. The molecule has 0 heterocycles. The molecule has 20 heavy (non-hydrogen) atoms. The van der Waals surface area contributed by atoms with Crippen molar-refractivity contribution in [2.45, 2.75) is 6.92 Å². The quantitative estimate of drug-likeness (QED) is 0.838. The van der Waals surface area contributed by atoms with Crippen molar-refractivity contribution in [3.8, 4) is 11.8 Å². The fraction of sp³-hybridized carbons (Fsp3) is 0.118. The summed E-state index contributed by atoms with van der Waals surface area (Å²) in [5.74, 6) is 5.13. The summed E-state index contributed by atoms with van der Waals surface area (Å²) in [6.07, 6.45) is 0. The Morgan fingerprint density at radius 2 is 1.95 bits per heavy atom. The number of hydrogen-bond donors (Lipinski definition) is 2. The number of carboxylic acid groups (broad SMARTS) is 1. The van der Waals surface area contributed by atoms with Gasteiger partial charge in [-0.2, -0.15) is 0 Å². The number of rotatable bonds is 3. The Bertz CT molecular complexity index is 666. The van der Waals surface area contributed by atoms with Crippen LogP contribution in [-0.4, -0.2) is 17.6 Å². The third-order valence-electron chi connectivity index (χ3n) is 2.86. The number of aromatic carboxylic acids is 1. The highest BCUT2D eigenvalue weighted by molar-refractivity contribution is 5.89. The molecule has 0 spiro atoms. The smallest absolute Gasteiger partial charge is 0.335 e. The third kappa shape index (κ3) is 3.63. The molecule has 100 valence electrons. The van der Waals surface area contributed by atoms with Crippen molar-refractivity contribution in [2.24, 2.45) is 0 Å². The van der Waals surface area contributed by atoms with Crippen molar-refractivity contribution in [3.63, 3.8) is 0 Å². The van der Waals surface area contributed by atoms with Crippen molar-refractivity contribution in [2.75, 3.05) is 11.9 Å². The summed E-state index contributed by atoms with van der Waals surface area (Å²) >= 11 is 0. The van der Waals surface area contributed by atoms with Gasteiger partial charge in [-0.25, -0.2) is 4.79 Å². The molecule has 2 aromatic carbocycles. The lowest BCUT2D eigenvalue weighted by molar-refractivity contribution is 0.0697. The fourth-order valence-corrected chi connectivity index (χ4v) is 1.75. The highest BCUT2D eigenvalue weighted by Gasteiger charge is 2.05. The molecule has 0 aliphatic carbocycles. The first-order valence-corrected chi connectivity index (χ1v) is 6.28. The minimum atomic E-state index is -0.927. The number of benzene rings is 2. The van der Waals surface area contributed by atoms with Crippen LogP contribution in [-0.2, 0) is 0 Å². The standard InChI is InChI=1S/C17H15NO2/c1-13-9-10-15(17(19)20)12-16(13)18-11-5-8-14-6-3-2-4-7-14/h2-4,6-7,9-10,12,18H,11H2,1H3,(H,19,20). The molecule has 0 fully saturated rings. The number of hydrogen-bond acceptors (Lipinski definition) is 2. The van der Waals surface area contributed by atoms with Crippen LogP contribution < -0.4 is 5.32 Å². The molecule has 0 saturated heterocycles. The van der Waals surface area contributed by atoms with Crippen LogP contribution in [0.2, 0.25) is 0 Å². The molecule has 2 rings (SSSR count). The molecule has 0 amide bonds. The fourth-order valence-electron chi connectivity index (χ4n) is 1.75. The largest absolute Gasteiger partial charge is 0.478 e. The second-order valence-corrected chi connectivity index (χ2v) is 4.36. The second-order valence-electron chi connectivity index (χ2n) is 4.36. The van der Waals surface area contributed by atoms with E-state index in [-0.39, 0.29) is 5.56 Å². The Hall–Kier alpha value is -2.73. The Balaban J connectivity index is 2.03. The van der Waals surface area contributed by atoms with Crippen LogP contribution in [0.1, 0.15) is 21.5 Å². The first-order chi connectivity index (χ1) is 9.66. The lowest BCUT2D eigenvalue weighted by Gasteiger charge is -2.07. The van der Waals surface area contributed by atoms with E-state index in [9.17, 15) is 4.79 Å². The number of carboxylic acids is 1. The number of nitrogens with one attached hydrogen (secondary N) is 1. The van der Waals surface area contributed by atoms with Gasteiger partial charge in [-0.1, -0.05) is 36.1 Å².